The molecule has 10 aromatic carbocycles. The summed E-state index contributed by atoms with van der Waals surface area (Å²) in [7, 11) is 0. The van der Waals surface area contributed by atoms with Crippen molar-refractivity contribution in [1.82, 2.24) is 0 Å². The lowest BCUT2D eigenvalue weighted by Crippen LogP contribution is -2.47. The Labute approximate surface area is 473 Å². The van der Waals surface area contributed by atoms with Gasteiger partial charge in [-0.15, -0.1) is 11.3 Å². The lowest BCUT2D eigenvalue weighted by atomic mass is 9.78. The molecule has 0 N–H and O–H groups in total. The highest BCUT2D eigenvalue weighted by Gasteiger charge is 2.60. The van der Waals surface area contributed by atoms with Crippen LogP contribution in [-0.2, 0) is 75.4 Å². The van der Waals surface area contributed by atoms with Crippen molar-refractivity contribution < 1.29 is 38.1 Å². The molecule has 0 spiro atoms. The summed E-state index contributed by atoms with van der Waals surface area (Å²) in [5, 5.41) is 0.236. The van der Waals surface area contributed by atoms with Gasteiger partial charge in [0, 0.05) is 41.7 Å². The lowest BCUT2D eigenvalue weighted by Gasteiger charge is -2.28. The number of hydrogen-bond donors (Lipinski definition) is 0. The SMILES string of the molecule is O=C(OCc1ccccc1)C1(C(=O)OCc2ccccc2)C(N=c2c(=O)c3ccccc3c2=O)=Cc2cc3sc4cc5c(cc4c3cc21)C(C(=O)OCc1ccccc1)(C(=O)OCc1ccccc1)C(N=c1c(=O)c2ccccc2c1=O)=C5. The summed E-state index contributed by atoms with van der Waals surface area (Å²) in [4.78, 5) is 128. The van der Waals surface area contributed by atoms with Crippen molar-refractivity contribution in [3.63, 3.8) is 0 Å². The molecule has 0 saturated heterocycles. The van der Waals surface area contributed by atoms with Crippen LogP contribution < -0.4 is 32.4 Å². The quantitative estimate of drug-likeness (QED) is 0.0570. The van der Waals surface area contributed by atoms with Crippen molar-refractivity contribution in [3.8, 4) is 0 Å². The van der Waals surface area contributed by atoms with E-state index in [1.54, 1.807) is 170 Å². The number of ether oxygens (including phenoxy) is 4. The number of carbonyl (C=O) groups is 4. The Hall–Kier alpha value is -10.6. The Morgan fingerprint density at radius 1 is 0.349 bits per heavy atom. The van der Waals surface area contributed by atoms with Crippen molar-refractivity contribution in [1.29, 1.82) is 0 Å². The fraction of sp³-hybridized carbons (Fsp3) is 0.0882. The predicted molar refractivity (Wildman–Crippen MR) is 312 cm³/mol. The van der Waals surface area contributed by atoms with E-state index in [9.17, 15) is 19.2 Å². The van der Waals surface area contributed by atoms with Crippen LogP contribution in [0.2, 0.25) is 0 Å². The van der Waals surface area contributed by atoms with Crippen molar-refractivity contribution in [2.75, 3.05) is 0 Å². The van der Waals surface area contributed by atoms with E-state index in [0.717, 1.165) is 0 Å². The second-order valence-corrected chi connectivity index (χ2v) is 21.2. The predicted octanol–water partition coefficient (Wildman–Crippen LogP) is 8.91. The topological polar surface area (TPSA) is 198 Å². The normalized spacial score (nSPS) is 13.7. The van der Waals surface area contributed by atoms with Crippen molar-refractivity contribution in [3.05, 3.63) is 302 Å². The third kappa shape index (κ3) is 8.64. The molecule has 0 aliphatic heterocycles. The Morgan fingerprint density at radius 3 is 0.892 bits per heavy atom. The van der Waals surface area contributed by atoms with E-state index in [4.69, 9.17) is 18.9 Å². The molecule has 11 aromatic rings. The molecule has 2 aliphatic carbocycles. The number of esters is 4. The largest absolute Gasteiger partial charge is 0.459 e. The molecule has 0 saturated carbocycles. The van der Waals surface area contributed by atoms with E-state index in [1.807, 2.05) is 0 Å². The highest BCUT2D eigenvalue weighted by atomic mass is 32.1. The van der Waals surface area contributed by atoms with Gasteiger partial charge in [-0.25, -0.2) is 9.98 Å². The zero-order valence-electron chi connectivity index (χ0n) is 43.7. The third-order valence-electron chi connectivity index (χ3n) is 15.2. The smallest absolute Gasteiger partial charge is 0.334 e. The van der Waals surface area contributed by atoms with E-state index in [2.05, 4.69) is 9.98 Å². The van der Waals surface area contributed by atoms with Gasteiger partial charge in [-0.05, 0) is 80.9 Å². The summed E-state index contributed by atoms with van der Waals surface area (Å²) in [6, 6.07) is 54.4. The molecule has 0 unspecified atom stereocenters. The lowest BCUT2D eigenvalue weighted by molar-refractivity contribution is -0.166. The molecule has 1 aromatic heterocycles. The van der Waals surface area contributed by atoms with Crippen LogP contribution in [0.3, 0.4) is 0 Å². The summed E-state index contributed by atoms with van der Waals surface area (Å²) in [6.07, 6.45) is 2.94. The molecule has 14 nitrogen and oxygen atoms in total. The summed E-state index contributed by atoms with van der Waals surface area (Å²) in [5.41, 5.74) is -5.51. The molecule has 13 rings (SSSR count). The first-order chi connectivity index (χ1) is 40.4. The third-order valence-corrected chi connectivity index (χ3v) is 16.3. The second kappa shape index (κ2) is 20.8. The number of thiophene rings is 1. The maximum Gasteiger partial charge on any atom is 0.334 e. The van der Waals surface area contributed by atoms with Gasteiger partial charge in [-0.3, -0.25) is 38.4 Å². The van der Waals surface area contributed by atoms with E-state index in [0.29, 0.717) is 53.6 Å². The zero-order valence-corrected chi connectivity index (χ0v) is 44.5. The average molecular weight is 1110 g/mol. The van der Waals surface area contributed by atoms with Gasteiger partial charge in [-0.2, -0.15) is 0 Å². The molecule has 83 heavy (non-hydrogen) atoms. The second-order valence-electron chi connectivity index (χ2n) is 20.1. The minimum Gasteiger partial charge on any atom is -0.459 e. The van der Waals surface area contributed by atoms with Gasteiger partial charge in [0.15, 0.2) is 10.7 Å². The maximum atomic E-state index is 15.5. The maximum absolute atomic E-state index is 15.5. The fourth-order valence-electron chi connectivity index (χ4n) is 11.1. The summed E-state index contributed by atoms with van der Waals surface area (Å²) >= 11 is 1.30. The molecular formula is C68H42N2O12S. The van der Waals surface area contributed by atoms with Crippen LogP contribution >= 0.6 is 11.3 Å². The van der Waals surface area contributed by atoms with Gasteiger partial charge in [0.25, 0.3) is 0 Å². The van der Waals surface area contributed by atoms with Crippen LogP contribution in [0.4, 0.5) is 0 Å². The molecule has 0 amide bonds. The highest BCUT2D eigenvalue weighted by molar-refractivity contribution is 7.25. The molecule has 402 valence electrons. The van der Waals surface area contributed by atoms with Crippen LogP contribution in [0, 0.1) is 0 Å². The minimum atomic E-state index is -2.57. The van der Waals surface area contributed by atoms with Crippen LogP contribution in [0.15, 0.2) is 235 Å². The van der Waals surface area contributed by atoms with Crippen molar-refractivity contribution in [2.24, 2.45) is 9.98 Å². The molecule has 1 heterocycles. The summed E-state index contributed by atoms with van der Waals surface area (Å²) < 4.78 is 25.6. The first kappa shape index (κ1) is 51.8. The van der Waals surface area contributed by atoms with E-state index < -0.39 is 67.1 Å². The van der Waals surface area contributed by atoms with E-state index >= 15 is 19.2 Å². The minimum absolute atomic E-state index is 0.0370. The Kier molecular flexibility index (Phi) is 13.0. The monoisotopic (exact) mass is 1110 g/mol. The zero-order chi connectivity index (χ0) is 57.0. The van der Waals surface area contributed by atoms with Gasteiger partial charge < -0.3 is 18.9 Å². The Morgan fingerprint density at radius 2 is 0.614 bits per heavy atom. The fourth-order valence-corrected chi connectivity index (χ4v) is 12.2. The van der Waals surface area contributed by atoms with Crippen molar-refractivity contribution >= 4 is 89.1 Å². The summed E-state index contributed by atoms with van der Waals surface area (Å²) in [5.74, 6) is -4.46. The Bertz CT molecular complexity index is 4400. The van der Waals surface area contributed by atoms with Crippen LogP contribution in [0.5, 0.6) is 0 Å². The molecule has 0 bridgehead atoms. The highest BCUT2D eigenvalue weighted by Crippen LogP contribution is 2.52. The van der Waals surface area contributed by atoms with Crippen LogP contribution in [0.1, 0.15) is 44.5 Å². The molecule has 0 radical (unpaired) electrons. The van der Waals surface area contributed by atoms with Gasteiger partial charge in [0.2, 0.25) is 32.5 Å². The first-order valence-electron chi connectivity index (χ1n) is 26.3. The number of fused-ring (bicyclic) bond motifs is 7. The number of benzene rings is 8. The van der Waals surface area contributed by atoms with Crippen LogP contribution in [-0.4, -0.2) is 23.9 Å². The van der Waals surface area contributed by atoms with Gasteiger partial charge in [0.05, 0.1) is 11.4 Å². The van der Waals surface area contributed by atoms with E-state index in [-0.39, 0.29) is 70.5 Å². The standard InChI is InChI=1S/C68H42N2O12S/c71-59-45-25-13-14-26-46(45)60(72)57(59)69-55-31-43-29-53-49(33-51(43)67(55,63(75)79-35-39-17-5-1-6-18-39)64(76)80-36-40-19-7-2-8-20-40)50-34-52-44(30-54(50)83-53)32-56(70-58-61(73)47-27-15-16-28-48(47)62(58)74)68(52,65(77)81-37-41-21-9-3-10-22-41)66(78)82-38-42-23-11-4-12-24-42/h1-34H,35-38H2. The number of nitrogens with zero attached hydrogens (tertiary/aromatic N) is 2. The van der Waals surface area contributed by atoms with Crippen LogP contribution in [0.25, 0.3) is 53.9 Å². The number of hydrogen-bond acceptors (Lipinski definition) is 15. The van der Waals surface area contributed by atoms with Gasteiger partial charge in [-0.1, -0.05) is 170 Å². The Balaban J connectivity index is 1.04. The number of carbonyl (C=O) groups excluding carboxylic acids is 4. The first-order valence-corrected chi connectivity index (χ1v) is 27.1. The average Bonchev–Trinajstić information content (AvgIpc) is 1.80. The van der Waals surface area contributed by atoms with E-state index in [1.165, 1.54) is 47.8 Å². The van der Waals surface area contributed by atoms with Gasteiger partial charge in [0.1, 0.15) is 26.4 Å². The molecule has 2 aliphatic rings. The molecular weight excluding hydrogens is 1070 g/mol. The summed E-state index contributed by atoms with van der Waals surface area (Å²) in [6.45, 7) is -1.18. The molecule has 15 heteroatoms. The van der Waals surface area contributed by atoms with Gasteiger partial charge >= 0.3 is 23.9 Å². The molecule has 0 atom stereocenters. The van der Waals surface area contributed by atoms with Crippen molar-refractivity contribution in [2.45, 2.75) is 37.3 Å². The molecule has 0 fully saturated rings. The number of rotatable bonds is 14.